The minimum atomic E-state index is -3.93. The summed E-state index contributed by atoms with van der Waals surface area (Å²) < 4.78 is 39.5. The third-order valence-electron chi connectivity index (χ3n) is 2.47. The molecule has 0 radical (unpaired) electrons. The van der Waals surface area contributed by atoms with Crippen LogP contribution in [0, 0.1) is 22.9 Å². The van der Waals surface area contributed by atoms with Gasteiger partial charge in [0, 0.05) is 12.1 Å². The summed E-state index contributed by atoms with van der Waals surface area (Å²) >= 11 is 0. The van der Waals surface area contributed by atoms with Gasteiger partial charge >= 0.3 is 5.69 Å². The number of hydrogen-bond acceptors (Lipinski definition) is 5. The van der Waals surface area contributed by atoms with Crippen LogP contribution in [0.3, 0.4) is 0 Å². The van der Waals surface area contributed by atoms with Crippen molar-refractivity contribution < 1.29 is 17.7 Å². The van der Waals surface area contributed by atoms with Crippen LogP contribution in [0.1, 0.15) is 5.69 Å². The molecular formula is C10H9FN4O4S. The predicted octanol–water partition coefficient (Wildman–Crippen LogP) is 1.57. The van der Waals surface area contributed by atoms with Crippen LogP contribution in [-0.2, 0) is 10.0 Å². The fraction of sp³-hybridized carbons (Fsp3) is 0.100. The average Bonchev–Trinajstić information content (AvgIpc) is 2.75. The van der Waals surface area contributed by atoms with Gasteiger partial charge in [0.05, 0.1) is 22.5 Å². The van der Waals surface area contributed by atoms with Gasteiger partial charge in [0.25, 0.3) is 10.0 Å². The van der Waals surface area contributed by atoms with Gasteiger partial charge in [0.15, 0.2) is 0 Å². The summed E-state index contributed by atoms with van der Waals surface area (Å²) in [6.07, 6.45) is 1.11. The quantitative estimate of drug-likeness (QED) is 0.656. The lowest BCUT2D eigenvalue weighted by molar-refractivity contribution is -0.387. The number of nitro groups is 1. The number of H-pyrrole nitrogens is 1. The Balaban J connectivity index is 2.33. The highest BCUT2D eigenvalue weighted by atomic mass is 32.2. The topological polar surface area (TPSA) is 118 Å². The highest BCUT2D eigenvalue weighted by Gasteiger charge is 2.20. The van der Waals surface area contributed by atoms with Crippen molar-refractivity contribution in [2.45, 2.75) is 11.8 Å². The van der Waals surface area contributed by atoms with E-state index in [1.165, 1.54) is 6.92 Å². The van der Waals surface area contributed by atoms with Crippen LogP contribution in [-0.4, -0.2) is 23.5 Å². The normalized spacial score (nSPS) is 11.3. The van der Waals surface area contributed by atoms with Gasteiger partial charge in [0.1, 0.15) is 4.90 Å². The molecule has 2 N–H and O–H groups in total. The van der Waals surface area contributed by atoms with Crippen molar-refractivity contribution in [1.82, 2.24) is 10.2 Å². The molecule has 0 bridgehead atoms. The molecule has 106 valence electrons. The fourth-order valence-electron chi connectivity index (χ4n) is 1.54. The van der Waals surface area contributed by atoms with Crippen LogP contribution in [0.4, 0.5) is 15.8 Å². The number of sulfonamides is 1. The van der Waals surface area contributed by atoms with Gasteiger partial charge in [-0.1, -0.05) is 0 Å². The zero-order valence-electron chi connectivity index (χ0n) is 10.1. The van der Waals surface area contributed by atoms with Crippen LogP contribution in [0.25, 0.3) is 0 Å². The molecule has 0 saturated carbocycles. The van der Waals surface area contributed by atoms with Crippen molar-refractivity contribution in [2.75, 3.05) is 4.72 Å². The SMILES string of the molecule is Cc1[nH]ncc1S(=O)(=O)Nc1ccc([N+](=O)[O-])c(F)c1. The largest absolute Gasteiger partial charge is 0.304 e. The number of nitrogens with one attached hydrogen (secondary N) is 2. The molecule has 0 amide bonds. The lowest BCUT2D eigenvalue weighted by Gasteiger charge is -2.07. The zero-order chi connectivity index (χ0) is 14.9. The molecule has 0 aliphatic heterocycles. The van der Waals surface area contributed by atoms with E-state index in [1.807, 2.05) is 0 Å². The van der Waals surface area contributed by atoms with E-state index in [1.54, 1.807) is 0 Å². The molecule has 10 heteroatoms. The van der Waals surface area contributed by atoms with Crippen molar-refractivity contribution >= 4 is 21.4 Å². The molecule has 0 saturated heterocycles. The fourth-order valence-corrected chi connectivity index (χ4v) is 2.73. The van der Waals surface area contributed by atoms with Gasteiger partial charge in [-0.2, -0.15) is 9.49 Å². The molecule has 20 heavy (non-hydrogen) atoms. The van der Waals surface area contributed by atoms with E-state index in [0.717, 1.165) is 24.4 Å². The highest BCUT2D eigenvalue weighted by molar-refractivity contribution is 7.92. The Hall–Kier alpha value is -2.49. The van der Waals surface area contributed by atoms with E-state index in [9.17, 15) is 22.9 Å². The first-order chi connectivity index (χ1) is 9.31. The van der Waals surface area contributed by atoms with E-state index < -0.39 is 26.5 Å². The third-order valence-corrected chi connectivity index (χ3v) is 3.96. The minimum absolute atomic E-state index is 0.0868. The molecule has 0 atom stereocenters. The predicted molar refractivity (Wildman–Crippen MR) is 67.2 cm³/mol. The van der Waals surface area contributed by atoms with E-state index in [4.69, 9.17) is 0 Å². The molecule has 2 rings (SSSR count). The van der Waals surface area contributed by atoms with E-state index in [0.29, 0.717) is 5.69 Å². The summed E-state index contributed by atoms with van der Waals surface area (Å²) in [5.74, 6) is -1.13. The Bertz CT molecular complexity index is 771. The molecule has 1 aromatic carbocycles. The maximum atomic E-state index is 13.4. The first-order valence-electron chi connectivity index (χ1n) is 5.28. The number of rotatable bonds is 4. The van der Waals surface area contributed by atoms with Gasteiger partial charge in [0.2, 0.25) is 5.82 Å². The molecule has 2 aromatic rings. The Morgan fingerprint density at radius 3 is 2.65 bits per heavy atom. The van der Waals surface area contributed by atoms with Crippen LogP contribution >= 0.6 is 0 Å². The molecule has 8 nitrogen and oxygen atoms in total. The van der Waals surface area contributed by atoms with Crippen LogP contribution in [0.5, 0.6) is 0 Å². The second-order valence-electron chi connectivity index (χ2n) is 3.89. The molecule has 0 unspecified atom stereocenters. The number of aromatic amines is 1. The first-order valence-corrected chi connectivity index (χ1v) is 6.76. The molecule has 0 aliphatic carbocycles. The molecular weight excluding hydrogens is 291 g/mol. The second-order valence-corrected chi connectivity index (χ2v) is 5.54. The second kappa shape index (κ2) is 4.89. The van der Waals surface area contributed by atoms with Crippen molar-refractivity contribution in [1.29, 1.82) is 0 Å². The van der Waals surface area contributed by atoms with Crippen LogP contribution in [0.15, 0.2) is 29.3 Å². The number of nitro benzene ring substituents is 1. The van der Waals surface area contributed by atoms with Crippen molar-refractivity contribution in [3.05, 3.63) is 46.0 Å². The van der Waals surface area contributed by atoms with Crippen molar-refractivity contribution in [3.63, 3.8) is 0 Å². The smallest absolute Gasteiger partial charge is 0.281 e. The summed E-state index contributed by atoms with van der Waals surface area (Å²) in [4.78, 5) is 9.48. The van der Waals surface area contributed by atoms with E-state index in [-0.39, 0.29) is 10.6 Å². The molecule has 0 spiro atoms. The minimum Gasteiger partial charge on any atom is -0.281 e. The average molecular weight is 300 g/mol. The molecule has 1 heterocycles. The van der Waals surface area contributed by atoms with Crippen molar-refractivity contribution in [2.24, 2.45) is 0 Å². The highest BCUT2D eigenvalue weighted by Crippen LogP contribution is 2.23. The molecule has 0 aliphatic rings. The number of halogens is 1. The lowest BCUT2D eigenvalue weighted by Crippen LogP contribution is -2.13. The van der Waals surface area contributed by atoms with Gasteiger partial charge < -0.3 is 0 Å². The first kappa shape index (κ1) is 13.9. The maximum absolute atomic E-state index is 13.4. The number of hydrogen-bond donors (Lipinski definition) is 2. The number of benzene rings is 1. The van der Waals surface area contributed by atoms with E-state index in [2.05, 4.69) is 14.9 Å². The summed E-state index contributed by atoms with van der Waals surface area (Å²) in [6, 6.07) is 2.73. The number of anilines is 1. The standard InChI is InChI=1S/C10H9FN4O4S/c1-6-10(5-12-13-6)20(18,19)14-7-2-3-9(15(16)17)8(11)4-7/h2-5,14H,1H3,(H,12,13). The molecule has 0 fully saturated rings. The summed E-state index contributed by atoms with van der Waals surface area (Å²) in [5.41, 5.74) is -0.527. The Kier molecular flexibility index (Phi) is 3.40. The van der Waals surface area contributed by atoms with E-state index >= 15 is 0 Å². The number of aryl methyl sites for hydroxylation is 1. The van der Waals surface area contributed by atoms with Crippen molar-refractivity contribution in [3.8, 4) is 0 Å². The van der Waals surface area contributed by atoms with Gasteiger partial charge in [-0.3, -0.25) is 19.9 Å². The maximum Gasteiger partial charge on any atom is 0.304 e. The van der Waals surface area contributed by atoms with Gasteiger partial charge in [-0.25, -0.2) is 8.42 Å². The number of nitrogens with zero attached hydrogens (tertiary/aromatic N) is 2. The third kappa shape index (κ3) is 2.59. The monoisotopic (exact) mass is 300 g/mol. The van der Waals surface area contributed by atoms with Gasteiger partial charge in [-0.05, 0) is 13.0 Å². The summed E-state index contributed by atoms with van der Waals surface area (Å²) in [5, 5.41) is 16.5. The Labute approximate surface area is 112 Å². The lowest BCUT2D eigenvalue weighted by atomic mass is 10.3. The summed E-state index contributed by atoms with van der Waals surface area (Å²) in [6.45, 7) is 1.51. The summed E-state index contributed by atoms with van der Waals surface area (Å²) in [7, 11) is -3.93. The Morgan fingerprint density at radius 2 is 2.15 bits per heavy atom. The number of aromatic nitrogens is 2. The Morgan fingerprint density at radius 1 is 1.45 bits per heavy atom. The zero-order valence-corrected chi connectivity index (χ0v) is 10.9. The van der Waals surface area contributed by atoms with Gasteiger partial charge in [-0.15, -0.1) is 0 Å². The molecule has 1 aromatic heterocycles. The van der Waals surface area contributed by atoms with Crippen LogP contribution < -0.4 is 4.72 Å². The van der Waals surface area contributed by atoms with Crippen LogP contribution in [0.2, 0.25) is 0 Å².